The van der Waals surface area contributed by atoms with E-state index >= 15 is 0 Å². The topological polar surface area (TPSA) is 66.1 Å². The molecule has 2 fully saturated rings. The number of benzene rings is 2. The molecule has 2 N–H and O–H groups in total. The van der Waals surface area contributed by atoms with Gasteiger partial charge >= 0.3 is 6.03 Å². The van der Waals surface area contributed by atoms with Crippen LogP contribution >= 0.6 is 15.9 Å². The lowest BCUT2D eigenvalue weighted by Gasteiger charge is -2.34. The van der Waals surface area contributed by atoms with Crippen LogP contribution in [0.5, 0.6) is 11.5 Å². The minimum Gasteiger partial charge on any atom is -0.497 e. The van der Waals surface area contributed by atoms with Gasteiger partial charge in [-0.25, -0.2) is 4.79 Å². The highest BCUT2D eigenvalue weighted by molar-refractivity contribution is 9.10. The normalized spacial score (nSPS) is 17.8. The molecule has 0 aromatic heterocycles. The van der Waals surface area contributed by atoms with E-state index in [0.29, 0.717) is 13.1 Å². The number of hydrogen-bond donors (Lipinski definition) is 2. The quantitative estimate of drug-likeness (QED) is 0.626. The minimum absolute atomic E-state index is 0.0584. The molecule has 2 amide bonds. The Kier molecular flexibility index (Phi) is 7.89. The van der Waals surface area contributed by atoms with Crippen molar-refractivity contribution in [3.8, 4) is 11.5 Å². The lowest BCUT2D eigenvalue weighted by Crippen LogP contribution is -2.49. The molecule has 8 heteroatoms. The van der Waals surface area contributed by atoms with Gasteiger partial charge in [0.15, 0.2) is 0 Å². The summed E-state index contributed by atoms with van der Waals surface area (Å²) in [5.41, 5.74) is 2.01. The van der Waals surface area contributed by atoms with Crippen LogP contribution in [0.25, 0.3) is 0 Å². The van der Waals surface area contributed by atoms with Gasteiger partial charge in [0.2, 0.25) is 0 Å². The molecule has 0 radical (unpaired) electrons. The second kappa shape index (κ2) is 11.0. The van der Waals surface area contributed by atoms with E-state index < -0.39 is 0 Å². The van der Waals surface area contributed by atoms with Crippen LogP contribution in [-0.4, -0.2) is 68.3 Å². The molecule has 0 aliphatic carbocycles. The summed E-state index contributed by atoms with van der Waals surface area (Å²) >= 11 is 3.68. The first-order valence-corrected chi connectivity index (χ1v) is 12.0. The molecular weight excluding hydrogens is 472 g/mol. The number of nitrogens with zero attached hydrogens (tertiary/aromatic N) is 2. The molecule has 7 nitrogen and oxygen atoms in total. The molecular formula is C24H31BrN4O3. The Morgan fingerprint density at radius 1 is 1.09 bits per heavy atom. The summed E-state index contributed by atoms with van der Waals surface area (Å²) in [5.74, 6) is 1.69. The Labute approximate surface area is 198 Å². The Morgan fingerprint density at radius 3 is 2.47 bits per heavy atom. The maximum atomic E-state index is 12.6. The van der Waals surface area contributed by atoms with Gasteiger partial charge in [0.25, 0.3) is 0 Å². The summed E-state index contributed by atoms with van der Waals surface area (Å²) < 4.78 is 12.3. The maximum absolute atomic E-state index is 12.6. The average Bonchev–Trinajstić information content (AvgIpc) is 2.82. The van der Waals surface area contributed by atoms with Crippen LogP contribution in [0.15, 0.2) is 46.9 Å². The van der Waals surface area contributed by atoms with Crippen LogP contribution in [0.1, 0.15) is 18.4 Å². The number of amides is 2. The van der Waals surface area contributed by atoms with Crippen molar-refractivity contribution in [1.82, 2.24) is 15.1 Å². The van der Waals surface area contributed by atoms with Crippen molar-refractivity contribution >= 4 is 27.6 Å². The molecule has 0 atom stereocenters. The van der Waals surface area contributed by atoms with Gasteiger partial charge < -0.3 is 25.0 Å². The first kappa shape index (κ1) is 22.9. The van der Waals surface area contributed by atoms with E-state index in [1.54, 1.807) is 7.11 Å². The van der Waals surface area contributed by atoms with Gasteiger partial charge in [-0.2, -0.15) is 0 Å². The first-order valence-electron chi connectivity index (χ1n) is 11.2. The number of carbonyl (C=O) groups is 1. The number of halogens is 1. The number of piperidine rings is 1. The van der Waals surface area contributed by atoms with E-state index in [9.17, 15) is 4.79 Å². The van der Waals surface area contributed by atoms with Gasteiger partial charge in [0.05, 0.1) is 11.6 Å². The van der Waals surface area contributed by atoms with E-state index in [1.807, 2.05) is 29.2 Å². The predicted octanol–water partition coefficient (Wildman–Crippen LogP) is 3.94. The van der Waals surface area contributed by atoms with Crippen LogP contribution in [-0.2, 0) is 6.54 Å². The predicted molar refractivity (Wildman–Crippen MR) is 130 cm³/mol. The summed E-state index contributed by atoms with van der Waals surface area (Å²) in [7, 11) is 1.63. The molecule has 2 aromatic rings. The highest BCUT2D eigenvalue weighted by atomic mass is 79.9. The second-order valence-corrected chi connectivity index (χ2v) is 9.11. The molecule has 2 aliphatic rings. The third-order valence-electron chi connectivity index (χ3n) is 5.98. The number of urea groups is 1. The second-order valence-electron chi connectivity index (χ2n) is 8.25. The highest BCUT2D eigenvalue weighted by Gasteiger charge is 2.22. The van der Waals surface area contributed by atoms with Crippen LogP contribution in [0.3, 0.4) is 0 Å². The maximum Gasteiger partial charge on any atom is 0.321 e. The van der Waals surface area contributed by atoms with Crippen molar-refractivity contribution in [1.29, 1.82) is 0 Å². The van der Waals surface area contributed by atoms with Gasteiger partial charge in [0.1, 0.15) is 17.6 Å². The van der Waals surface area contributed by atoms with Crippen molar-refractivity contribution in [3.05, 3.63) is 52.5 Å². The van der Waals surface area contributed by atoms with E-state index in [2.05, 4.69) is 49.7 Å². The number of carbonyl (C=O) groups excluding carboxylic acids is 1. The zero-order valence-corrected chi connectivity index (χ0v) is 20.1. The molecule has 172 valence electrons. The molecule has 2 saturated heterocycles. The summed E-state index contributed by atoms with van der Waals surface area (Å²) in [6.07, 6.45) is 2.38. The molecule has 0 bridgehead atoms. The fraction of sp³-hybridized carbons (Fsp3) is 0.458. The Balaban J connectivity index is 1.24. The van der Waals surface area contributed by atoms with Gasteiger partial charge in [-0.1, -0.05) is 6.07 Å². The summed E-state index contributed by atoms with van der Waals surface area (Å²) in [6, 6.07) is 13.7. The SMILES string of the molecule is COc1ccc(NC(=O)N2CCN(Cc3ccc(OC4CCNCC4)c(Br)c3)CC2)cc1. The fourth-order valence-electron chi connectivity index (χ4n) is 4.08. The third kappa shape index (κ3) is 6.15. The van der Waals surface area contributed by atoms with E-state index in [1.165, 1.54) is 5.56 Å². The Bertz CT molecular complexity index is 895. The number of rotatable bonds is 6. The molecule has 4 rings (SSSR count). The number of nitrogens with one attached hydrogen (secondary N) is 2. The van der Waals surface area contributed by atoms with Crippen LogP contribution in [0.2, 0.25) is 0 Å². The van der Waals surface area contributed by atoms with Gasteiger partial charge in [-0.15, -0.1) is 0 Å². The molecule has 0 unspecified atom stereocenters. The third-order valence-corrected chi connectivity index (χ3v) is 6.60. The molecule has 2 aromatic carbocycles. The van der Waals surface area contributed by atoms with E-state index in [0.717, 1.165) is 67.2 Å². The Hall–Kier alpha value is -2.29. The van der Waals surface area contributed by atoms with Gasteiger partial charge in [-0.3, -0.25) is 4.90 Å². The highest BCUT2D eigenvalue weighted by Crippen LogP contribution is 2.29. The molecule has 2 heterocycles. The van der Waals surface area contributed by atoms with Crippen molar-refractivity contribution < 1.29 is 14.3 Å². The monoisotopic (exact) mass is 502 g/mol. The largest absolute Gasteiger partial charge is 0.497 e. The molecule has 0 spiro atoms. The van der Waals surface area contributed by atoms with E-state index in [-0.39, 0.29) is 12.1 Å². The average molecular weight is 503 g/mol. The Morgan fingerprint density at radius 2 is 1.81 bits per heavy atom. The number of methoxy groups -OCH3 is 1. The fourth-order valence-corrected chi connectivity index (χ4v) is 4.59. The zero-order valence-electron chi connectivity index (χ0n) is 18.5. The summed E-state index contributed by atoms with van der Waals surface area (Å²) in [4.78, 5) is 16.8. The summed E-state index contributed by atoms with van der Waals surface area (Å²) in [5, 5.41) is 6.33. The molecule has 32 heavy (non-hydrogen) atoms. The first-order chi connectivity index (χ1) is 15.6. The van der Waals surface area contributed by atoms with Crippen LogP contribution < -0.4 is 20.1 Å². The van der Waals surface area contributed by atoms with Crippen molar-refractivity contribution in [3.63, 3.8) is 0 Å². The number of ether oxygens (including phenoxy) is 2. The van der Waals surface area contributed by atoms with Crippen molar-refractivity contribution in [2.24, 2.45) is 0 Å². The zero-order chi connectivity index (χ0) is 22.3. The van der Waals surface area contributed by atoms with E-state index in [4.69, 9.17) is 9.47 Å². The minimum atomic E-state index is -0.0584. The molecule has 2 aliphatic heterocycles. The van der Waals surface area contributed by atoms with Crippen LogP contribution in [0.4, 0.5) is 10.5 Å². The number of anilines is 1. The molecule has 0 saturated carbocycles. The lowest BCUT2D eigenvalue weighted by atomic mass is 10.1. The van der Waals surface area contributed by atoms with Gasteiger partial charge in [-0.05, 0) is 83.8 Å². The van der Waals surface area contributed by atoms with Crippen LogP contribution in [0, 0.1) is 0 Å². The van der Waals surface area contributed by atoms with Crippen molar-refractivity contribution in [2.45, 2.75) is 25.5 Å². The van der Waals surface area contributed by atoms with Gasteiger partial charge in [0, 0.05) is 38.4 Å². The number of hydrogen-bond acceptors (Lipinski definition) is 5. The smallest absolute Gasteiger partial charge is 0.321 e. The van der Waals surface area contributed by atoms with Crippen molar-refractivity contribution in [2.75, 3.05) is 51.7 Å². The number of piperazine rings is 1. The summed E-state index contributed by atoms with van der Waals surface area (Å²) in [6.45, 7) is 6.01. The lowest BCUT2D eigenvalue weighted by molar-refractivity contribution is 0.142. The standard InChI is InChI=1S/C24H31BrN4O3/c1-31-20-5-3-19(4-6-20)27-24(30)29-14-12-28(13-15-29)17-18-2-7-23(22(25)16-18)32-21-8-10-26-11-9-21/h2-7,16,21,26H,8-15,17H2,1H3,(H,27,30).